The van der Waals surface area contributed by atoms with Crippen LogP contribution in [0.3, 0.4) is 0 Å². The Morgan fingerprint density at radius 2 is 1.82 bits per heavy atom. The minimum atomic E-state index is -0.960. The van der Waals surface area contributed by atoms with E-state index in [0.717, 1.165) is 0 Å². The fraction of sp³-hybridized carbons (Fsp3) is 0.571. The summed E-state index contributed by atoms with van der Waals surface area (Å²) in [6.07, 6.45) is 1.04. The number of benzene rings is 1. The second kappa shape index (κ2) is 14.3. The summed E-state index contributed by atoms with van der Waals surface area (Å²) in [5, 5.41) is 23.8. The third kappa shape index (κ3) is 8.54. The van der Waals surface area contributed by atoms with Gasteiger partial charge in [-0.3, -0.25) is 4.79 Å². The number of phenolic OH excluding ortho intramolecular Hbond substituents is 1. The fourth-order valence-electron chi connectivity index (χ4n) is 4.84. The molecule has 9 nitrogen and oxygen atoms in total. The molecule has 2 amide bonds. The van der Waals surface area contributed by atoms with Crippen molar-refractivity contribution >= 4 is 17.7 Å². The maximum absolute atomic E-state index is 15.3. The molecule has 0 spiro atoms. The number of allylic oxidation sites excluding steroid dienone is 1. The van der Waals surface area contributed by atoms with Crippen molar-refractivity contribution < 1.29 is 38.4 Å². The van der Waals surface area contributed by atoms with Crippen LogP contribution in [0.1, 0.15) is 52.5 Å². The summed E-state index contributed by atoms with van der Waals surface area (Å²) in [7, 11) is 2.98. The molecule has 1 heterocycles. The molecule has 6 atom stereocenters. The second-order valence-electron chi connectivity index (χ2n) is 10.1. The first-order valence-electron chi connectivity index (χ1n) is 12.7. The van der Waals surface area contributed by atoms with Crippen LogP contribution < -0.4 is 11.1 Å². The van der Waals surface area contributed by atoms with E-state index in [1.807, 2.05) is 13.8 Å². The van der Waals surface area contributed by atoms with Crippen LogP contribution in [-0.2, 0) is 25.4 Å². The highest BCUT2D eigenvalue weighted by molar-refractivity contribution is 6.03. The van der Waals surface area contributed by atoms with E-state index in [4.69, 9.17) is 19.9 Å². The molecular formula is C28H41FN2O7. The molecular weight excluding hydrogens is 495 g/mol. The average Bonchev–Trinajstić information content (AvgIpc) is 2.85. The monoisotopic (exact) mass is 536 g/mol. The topological polar surface area (TPSA) is 140 Å². The molecule has 212 valence electrons. The van der Waals surface area contributed by atoms with Crippen molar-refractivity contribution in [1.82, 2.24) is 0 Å². The van der Waals surface area contributed by atoms with Gasteiger partial charge in [0.15, 0.2) is 6.10 Å². The van der Waals surface area contributed by atoms with Gasteiger partial charge in [0, 0.05) is 31.8 Å². The number of anilines is 1. The van der Waals surface area contributed by atoms with Crippen LogP contribution in [0.25, 0.3) is 0 Å². The highest BCUT2D eigenvalue weighted by atomic mass is 19.1. The van der Waals surface area contributed by atoms with E-state index in [0.29, 0.717) is 30.4 Å². The lowest BCUT2D eigenvalue weighted by molar-refractivity contribution is -0.112. The third-order valence-corrected chi connectivity index (χ3v) is 6.92. The summed E-state index contributed by atoms with van der Waals surface area (Å²) in [6.45, 7) is 7.08. The van der Waals surface area contributed by atoms with Crippen molar-refractivity contribution in [2.24, 2.45) is 17.6 Å². The Morgan fingerprint density at radius 1 is 1.16 bits per heavy atom. The number of nitrogens with one attached hydrogen (secondary N) is 1. The van der Waals surface area contributed by atoms with E-state index in [2.05, 4.69) is 5.32 Å². The minimum absolute atomic E-state index is 0.121. The molecule has 0 saturated heterocycles. The van der Waals surface area contributed by atoms with Gasteiger partial charge in [-0.25, -0.2) is 9.18 Å². The number of aliphatic hydroxyl groups is 1. The molecule has 2 bridgehead atoms. The molecule has 1 aliphatic rings. The summed E-state index contributed by atoms with van der Waals surface area (Å²) < 4.78 is 31.9. The summed E-state index contributed by atoms with van der Waals surface area (Å²) in [4.78, 5) is 24.4. The maximum Gasteiger partial charge on any atom is 0.405 e. The Kier molecular flexibility index (Phi) is 11.7. The zero-order chi connectivity index (χ0) is 28.6. The Balaban J connectivity index is 2.52. The van der Waals surface area contributed by atoms with E-state index in [9.17, 15) is 19.8 Å². The van der Waals surface area contributed by atoms with Gasteiger partial charge in [-0.05, 0) is 62.7 Å². The van der Waals surface area contributed by atoms with Crippen molar-refractivity contribution in [1.29, 1.82) is 0 Å². The number of nitrogens with two attached hydrogens (primary N) is 1. The number of hydrogen-bond donors (Lipinski definition) is 4. The standard InChI is InChI=1S/C28H41FN2O7/c1-15-10-19-13-20(32)14-21(24(19)29)31-27(34)16(2)8-7-9-22(36-5)26(38-28(30)35)18(4)12-17(3)25(33)23(11-15)37-6/h8,12-15,17,22-23,25-26,32-33H,7,9-11H2,1-6H3,(H2,30,35)(H,31,34)/b16-8+,18-12+/t15-,17+,22+,23+,25?,26+/m1/s1. The molecule has 1 aromatic rings. The first kappa shape index (κ1) is 31.3. The zero-order valence-corrected chi connectivity index (χ0v) is 23.0. The number of phenols is 1. The van der Waals surface area contributed by atoms with E-state index in [1.165, 1.54) is 26.4 Å². The van der Waals surface area contributed by atoms with Crippen LogP contribution in [0.5, 0.6) is 5.75 Å². The van der Waals surface area contributed by atoms with Crippen LogP contribution in [0.2, 0.25) is 0 Å². The number of methoxy groups -OCH3 is 2. The molecule has 0 saturated carbocycles. The number of aliphatic hydroxyl groups excluding tert-OH is 1. The van der Waals surface area contributed by atoms with Crippen LogP contribution in [0.4, 0.5) is 14.9 Å². The predicted octanol–water partition coefficient (Wildman–Crippen LogP) is 4.22. The average molecular weight is 537 g/mol. The van der Waals surface area contributed by atoms with Gasteiger partial charge in [-0.15, -0.1) is 0 Å². The number of hydrogen-bond acceptors (Lipinski definition) is 7. The first-order chi connectivity index (χ1) is 17.9. The number of ether oxygens (including phenoxy) is 3. The van der Waals surface area contributed by atoms with Crippen molar-refractivity contribution in [2.75, 3.05) is 19.5 Å². The van der Waals surface area contributed by atoms with E-state index in [1.54, 1.807) is 26.0 Å². The Morgan fingerprint density at radius 3 is 2.42 bits per heavy atom. The van der Waals surface area contributed by atoms with Crippen molar-refractivity contribution in [3.05, 3.63) is 46.8 Å². The highest BCUT2D eigenvalue weighted by Gasteiger charge is 2.30. The van der Waals surface area contributed by atoms with Gasteiger partial charge < -0.3 is 35.5 Å². The minimum Gasteiger partial charge on any atom is -0.508 e. The molecule has 0 aliphatic carbocycles. The summed E-state index contributed by atoms with van der Waals surface area (Å²) >= 11 is 0. The summed E-state index contributed by atoms with van der Waals surface area (Å²) in [6, 6.07) is 2.51. The lowest BCUT2D eigenvalue weighted by Gasteiger charge is -2.30. The van der Waals surface area contributed by atoms with Crippen molar-refractivity contribution in [3.63, 3.8) is 0 Å². The SMILES string of the molecule is CO[C@H]1C[C@H](C)Cc2cc(O)cc(c2F)NC(=O)/C(C)=C/CC[C@H](OC)[C@@H](OC(N)=O)/C(C)=C/[C@H](C)C1O. The van der Waals surface area contributed by atoms with Gasteiger partial charge in [-0.1, -0.05) is 26.0 Å². The molecule has 5 N–H and O–H groups in total. The quantitative estimate of drug-likeness (QED) is 0.424. The lowest BCUT2D eigenvalue weighted by Crippen LogP contribution is -2.37. The number of halogens is 1. The van der Waals surface area contributed by atoms with Crippen molar-refractivity contribution in [3.8, 4) is 5.75 Å². The van der Waals surface area contributed by atoms with Crippen molar-refractivity contribution in [2.45, 2.75) is 77.8 Å². The molecule has 38 heavy (non-hydrogen) atoms. The van der Waals surface area contributed by atoms with E-state index >= 15 is 4.39 Å². The molecule has 2 rings (SSSR count). The van der Waals surface area contributed by atoms with Gasteiger partial charge in [0.25, 0.3) is 5.91 Å². The molecule has 0 fully saturated rings. The van der Waals surface area contributed by atoms with Gasteiger partial charge in [0.05, 0.1) is 24.0 Å². The van der Waals surface area contributed by atoms with E-state index < -0.39 is 48.2 Å². The molecule has 1 unspecified atom stereocenters. The summed E-state index contributed by atoms with van der Waals surface area (Å²) in [5.41, 5.74) is 6.45. The first-order valence-corrected chi connectivity index (χ1v) is 12.7. The Hall–Kier alpha value is -2.95. The van der Waals surface area contributed by atoms with Crippen LogP contribution >= 0.6 is 0 Å². The summed E-state index contributed by atoms with van der Waals surface area (Å²) in [5.74, 6) is -1.84. The number of carbonyl (C=O) groups is 2. The zero-order valence-electron chi connectivity index (χ0n) is 23.0. The largest absolute Gasteiger partial charge is 0.508 e. The number of primary amides is 1. The van der Waals surface area contributed by atoms with Gasteiger partial charge >= 0.3 is 6.09 Å². The fourth-order valence-corrected chi connectivity index (χ4v) is 4.84. The van der Waals surface area contributed by atoms with Crippen LogP contribution in [-0.4, -0.2) is 60.8 Å². The van der Waals surface area contributed by atoms with Crippen LogP contribution in [0.15, 0.2) is 35.4 Å². The van der Waals surface area contributed by atoms with Gasteiger partial charge in [0.2, 0.25) is 0 Å². The van der Waals surface area contributed by atoms with Gasteiger partial charge in [0.1, 0.15) is 11.6 Å². The number of amides is 2. The normalized spacial score (nSPS) is 30.9. The molecule has 1 aromatic carbocycles. The number of aromatic hydroxyl groups is 1. The molecule has 10 heteroatoms. The third-order valence-electron chi connectivity index (χ3n) is 6.92. The Bertz CT molecular complexity index is 1040. The highest BCUT2D eigenvalue weighted by Crippen LogP contribution is 2.30. The number of fused-ring (bicyclic) bond motifs is 2. The van der Waals surface area contributed by atoms with Gasteiger partial charge in [-0.2, -0.15) is 0 Å². The van der Waals surface area contributed by atoms with Crippen LogP contribution in [0, 0.1) is 17.7 Å². The Labute approximate surface area is 223 Å². The lowest BCUT2D eigenvalue weighted by atomic mass is 9.88. The van der Waals surface area contributed by atoms with E-state index in [-0.39, 0.29) is 29.3 Å². The number of carbonyl (C=O) groups excluding carboxylic acids is 2. The molecule has 0 radical (unpaired) electrons. The second-order valence-corrected chi connectivity index (χ2v) is 10.1. The predicted molar refractivity (Wildman–Crippen MR) is 142 cm³/mol. The molecule has 0 aromatic heterocycles. The smallest absolute Gasteiger partial charge is 0.405 e. The molecule has 1 aliphatic heterocycles. The number of rotatable bonds is 3. The maximum atomic E-state index is 15.3.